The summed E-state index contributed by atoms with van der Waals surface area (Å²) in [5.41, 5.74) is 7.92. The third kappa shape index (κ3) is 6.44. The SMILES string of the molecule is Cc1cc(F)cc(CN2CC[C@H](CNC(=O)c3ccc4ccccc4c3)N[C@H](CCCN)C2=O)c1. The molecule has 2 atom stereocenters. The van der Waals surface area contributed by atoms with E-state index in [1.54, 1.807) is 4.90 Å². The van der Waals surface area contributed by atoms with Crippen molar-refractivity contribution >= 4 is 22.6 Å². The standard InChI is InChI=1S/C28H33FN4O2/c1-19-13-20(15-24(29)14-19)18-33-12-10-25(32-26(28(33)35)7-4-11-30)17-31-27(34)23-9-8-21-5-2-3-6-22(21)16-23/h2-3,5-6,8-9,13-16,25-26,32H,4,7,10-12,17-18,30H2,1H3,(H,31,34)/t25-,26-/m1/s1. The second-order valence-corrected chi connectivity index (χ2v) is 9.30. The quantitative estimate of drug-likeness (QED) is 0.464. The Balaban J connectivity index is 1.43. The van der Waals surface area contributed by atoms with E-state index in [4.69, 9.17) is 5.73 Å². The van der Waals surface area contributed by atoms with E-state index < -0.39 is 6.04 Å². The van der Waals surface area contributed by atoms with Gasteiger partial charge in [-0.15, -0.1) is 0 Å². The maximum Gasteiger partial charge on any atom is 0.251 e. The Kier molecular flexibility index (Phi) is 8.10. The van der Waals surface area contributed by atoms with E-state index in [1.807, 2.05) is 55.5 Å². The Morgan fingerprint density at radius 1 is 1.14 bits per heavy atom. The molecule has 184 valence electrons. The summed E-state index contributed by atoms with van der Waals surface area (Å²) in [7, 11) is 0. The van der Waals surface area contributed by atoms with Gasteiger partial charge in [0.25, 0.3) is 5.91 Å². The Morgan fingerprint density at radius 2 is 1.94 bits per heavy atom. The van der Waals surface area contributed by atoms with Crippen LogP contribution < -0.4 is 16.4 Å². The number of halogens is 1. The summed E-state index contributed by atoms with van der Waals surface area (Å²) in [5.74, 6) is -0.447. The van der Waals surface area contributed by atoms with Crippen molar-refractivity contribution in [3.05, 3.63) is 83.2 Å². The predicted molar refractivity (Wildman–Crippen MR) is 136 cm³/mol. The van der Waals surface area contributed by atoms with Crippen LogP contribution in [0.1, 0.15) is 40.7 Å². The number of nitrogens with one attached hydrogen (secondary N) is 2. The van der Waals surface area contributed by atoms with Crippen LogP contribution in [0.3, 0.4) is 0 Å². The molecule has 3 aromatic rings. The van der Waals surface area contributed by atoms with Crippen molar-refractivity contribution in [1.82, 2.24) is 15.5 Å². The van der Waals surface area contributed by atoms with Crippen LogP contribution in [0.15, 0.2) is 60.7 Å². The van der Waals surface area contributed by atoms with Crippen molar-refractivity contribution < 1.29 is 14.0 Å². The second kappa shape index (κ2) is 11.4. The number of carbonyl (C=O) groups excluding carboxylic acids is 2. The number of rotatable bonds is 8. The molecule has 35 heavy (non-hydrogen) atoms. The fourth-order valence-electron chi connectivity index (χ4n) is 4.70. The molecule has 0 spiro atoms. The predicted octanol–water partition coefficient (Wildman–Crippen LogP) is 3.52. The van der Waals surface area contributed by atoms with E-state index in [1.165, 1.54) is 12.1 Å². The number of nitrogens with two attached hydrogens (primary N) is 1. The minimum atomic E-state index is -0.390. The van der Waals surface area contributed by atoms with Crippen LogP contribution in [-0.2, 0) is 11.3 Å². The maximum absolute atomic E-state index is 13.9. The second-order valence-electron chi connectivity index (χ2n) is 9.30. The van der Waals surface area contributed by atoms with Gasteiger partial charge in [0.1, 0.15) is 5.82 Å². The van der Waals surface area contributed by atoms with Crippen molar-refractivity contribution in [3.8, 4) is 0 Å². The molecule has 4 rings (SSSR count). The molecule has 1 heterocycles. The molecule has 0 unspecified atom stereocenters. The van der Waals surface area contributed by atoms with Crippen LogP contribution in [0.25, 0.3) is 10.8 Å². The van der Waals surface area contributed by atoms with E-state index in [2.05, 4.69) is 10.6 Å². The minimum Gasteiger partial charge on any atom is -0.350 e. The summed E-state index contributed by atoms with van der Waals surface area (Å²) in [6.45, 7) is 3.63. The van der Waals surface area contributed by atoms with Gasteiger partial charge >= 0.3 is 0 Å². The summed E-state index contributed by atoms with van der Waals surface area (Å²) in [5, 5.41) is 8.57. The van der Waals surface area contributed by atoms with Crippen LogP contribution in [0, 0.1) is 12.7 Å². The molecule has 1 aliphatic rings. The number of aryl methyl sites for hydroxylation is 1. The van der Waals surface area contributed by atoms with Gasteiger partial charge in [-0.2, -0.15) is 0 Å². The fourth-order valence-corrected chi connectivity index (χ4v) is 4.70. The minimum absolute atomic E-state index is 0.0104. The van der Waals surface area contributed by atoms with Crippen molar-refractivity contribution in [2.75, 3.05) is 19.6 Å². The van der Waals surface area contributed by atoms with Crippen LogP contribution in [-0.4, -0.2) is 48.4 Å². The topological polar surface area (TPSA) is 87.5 Å². The molecule has 0 aliphatic carbocycles. The number of nitrogens with zero attached hydrogens (tertiary/aromatic N) is 1. The van der Waals surface area contributed by atoms with E-state index in [-0.39, 0.29) is 23.7 Å². The van der Waals surface area contributed by atoms with Crippen LogP contribution in [0.2, 0.25) is 0 Å². The van der Waals surface area contributed by atoms with Gasteiger partial charge in [0.2, 0.25) is 5.91 Å². The largest absolute Gasteiger partial charge is 0.350 e. The highest BCUT2D eigenvalue weighted by Crippen LogP contribution is 2.18. The van der Waals surface area contributed by atoms with Crippen LogP contribution in [0.4, 0.5) is 4.39 Å². The van der Waals surface area contributed by atoms with Crippen molar-refractivity contribution in [2.24, 2.45) is 5.73 Å². The average molecular weight is 477 g/mol. The van der Waals surface area contributed by atoms with Crippen LogP contribution >= 0.6 is 0 Å². The van der Waals surface area contributed by atoms with Gasteiger partial charge in [-0.05, 0) is 78.9 Å². The van der Waals surface area contributed by atoms with Gasteiger partial charge in [0.15, 0.2) is 0 Å². The first kappa shape index (κ1) is 24.8. The van der Waals surface area contributed by atoms with Gasteiger partial charge in [0, 0.05) is 31.2 Å². The Bertz CT molecular complexity index is 1180. The third-order valence-electron chi connectivity index (χ3n) is 6.49. The zero-order valence-electron chi connectivity index (χ0n) is 20.1. The maximum atomic E-state index is 13.9. The van der Waals surface area contributed by atoms with Gasteiger partial charge < -0.3 is 21.3 Å². The molecule has 1 aliphatic heterocycles. The monoisotopic (exact) mass is 476 g/mol. The van der Waals surface area contributed by atoms with E-state index in [0.29, 0.717) is 51.0 Å². The smallest absolute Gasteiger partial charge is 0.251 e. The lowest BCUT2D eigenvalue weighted by atomic mass is 10.1. The third-order valence-corrected chi connectivity index (χ3v) is 6.49. The molecule has 2 amide bonds. The lowest BCUT2D eigenvalue weighted by molar-refractivity contribution is -0.133. The lowest BCUT2D eigenvalue weighted by Crippen LogP contribution is -2.48. The summed E-state index contributed by atoms with van der Waals surface area (Å²) in [6, 6.07) is 18.0. The van der Waals surface area contributed by atoms with Crippen molar-refractivity contribution in [2.45, 2.75) is 44.8 Å². The molecule has 0 saturated carbocycles. The Morgan fingerprint density at radius 3 is 2.71 bits per heavy atom. The lowest BCUT2D eigenvalue weighted by Gasteiger charge is -2.25. The highest BCUT2D eigenvalue weighted by atomic mass is 19.1. The summed E-state index contributed by atoms with van der Waals surface area (Å²) < 4.78 is 13.9. The molecule has 0 bridgehead atoms. The first-order valence-corrected chi connectivity index (χ1v) is 12.2. The normalized spacial score (nSPS) is 18.5. The fraction of sp³-hybridized carbons (Fsp3) is 0.357. The Hall–Kier alpha value is -3.29. The van der Waals surface area contributed by atoms with E-state index >= 15 is 0 Å². The number of benzene rings is 3. The molecule has 6 nitrogen and oxygen atoms in total. The van der Waals surface area contributed by atoms with Crippen molar-refractivity contribution in [1.29, 1.82) is 0 Å². The molecule has 1 fully saturated rings. The first-order chi connectivity index (χ1) is 16.9. The highest BCUT2D eigenvalue weighted by Gasteiger charge is 2.30. The molecular weight excluding hydrogens is 443 g/mol. The summed E-state index contributed by atoms with van der Waals surface area (Å²) in [4.78, 5) is 27.9. The van der Waals surface area contributed by atoms with Crippen LogP contribution in [0.5, 0.6) is 0 Å². The van der Waals surface area contributed by atoms with Gasteiger partial charge in [-0.25, -0.2) is 4.39 Å². The number of hydrogen-bond donors (Lipinski definition) is 3. The number of carbonyl (C=O) groups is 2. The van der Waals surface area contributed by atoms with Gasteiger partial charge in [0.05, 0.1) is 6.04 Å². The number of fused-ring (bicyclic) bond motifs is 1. The highest BCUT2D eigenvalue weighted by molar-refractivity contribution is 5.98. The molecule has 3 aromatic carbocycles. The van der Waals surface area contributed by atoms with Crippen molar-refractivity contribution in [3.63, 3.8) is 0 Å². The summed E-state index contributed by atoms with van der Waals surface area (Å²) in [6.07, 6.45) is 2.01. The zero-order valence-corrected chi connectivity index (χ0v) is 20.1. The van der Waals surface area contributed by atoms with E-state index in [9.17, 15) is 14.0 Å². The molecule has 4 N–H and O–H groups in total. The molecular formula is C28H33FN4O2. The number of hydrogen-bond acceptors (Lipinski definition) is 4. The molecule has 0 radical (unpaired) electrons. The molecule has 7 heteroatoms. The zero-order chi connectivity index (χ0) is 24.8. The average Bonchev–Trinajstić information content (AvgIpc) is 2.99. The number of amides is 2. The van der Waals surface area contributed by atoms with Gasteiger partial charge in [-0.3, -0.25) is 9.59 Å². The van der Waals surface area contributed by atoms with E-state index in [0.717, 1.165) is 21.9 Å². The first-order valence-electron chi connectivity index (χ1n) is 12.2. The Labute approximate surface area is 205 Å². The summed E-state index contributed by atoms with van der Waals surface area (Å²) >= 11 is 0. The molecule has 1 saturated heterocycles. The van der Waals surface area contributed by atoms with Gasteiger partial charge in [-0.1, -0.05) is 36.4 Å². The molecule has 0 aromatic heterocycles.